The molecule has 0 saturated carbocycles. The lowest BCUT2D eigenvalue weighted by atomic mass is 10.1. The van der Waals surface area contributed by atoms with Crippen LogP contribution in [0.25, 0.3) is 0 Å². The van der Waals surface area contributed by atoms with Crippen molar-refractivity contribution >= 4 is 34.5 Å². The third-order valence-electron chi connectivity index (χ3n) is 2.17. The second kappa shape index (κ2) is 5.95. The number of carbonyl (C=O) groups excluding carboxylic acids is 1. The van der Waals surface area contributed by atoms with Crippen molar-refractivity contribution in [3.8, 4) is 0 Å². The van der Waals surface area contributed by atoms with E-state index in [1.165, 1.54) is 25.1 Å². The van der Waals surface area contributed by atoms with Crippen molar-refractivity contribution in [1.29, 1.82) is 0 Å². The second-order valence-corrected chi connectivity index (χ2v) is 4.74. The molecule has 1 atom stereocenters. The average Bonchev–Trinajstić information content (AvgIpc) is 2.25. The second-order valence-electron chi connectivity index (χ2n) is 3.57. The third kappa shape index (κ3) is 3.95. The zero-order valence-corrected chi connectivity index (χ0v) is 11.2. The standard InChI is InChI=1S/C11H11FINO3/c1-6(11(16)17)5-14-10(15)8-3-2-7(12)4-9(8)13/h2-4,6H,5H2,1H3,(H,14,15)(H,16,17). The van der Waals surface area contributed by atoms with Crippen LogP contribution in [0.2, 0.25) is 0 Å². The summed E-state index contributed by atoms with van der Waals surface area (Å²) in [6, 6.07) is 3.81. The number of rotatable bonds is 4. The summed E-state index contributed by atoms with van der Waals surface area (Å²) in [7, 11) is 0. The van der Waals surface area contributed by atoms with Gasteiger partial charge in [0.05, 0.1) is 11.5 Å². The molecule has 17 heavy (non-hydrogen) atoms. The van der Waals surface area contributed by atoms with Crippen LogP contribution in [0.1, 0.15) is 17.3 Å². The maximum Gasteiger partial charge on any atom is 0.308 e. The molecule has 6 heteroatoms. The minimum atomic E-state index is -0.973. The van der Waals surface area contributed by atoms with E-state index in [2.05, 4.69) is 5.32 Å². The Hall–Kier alpha value is -1.18. The van der Waals surface area contributed by atoms with Crippen LogP contribution in [0.15, 0.2) is 18.2 Å². The highest BCUT2D eigenvalue weighted by molar-refractivity contribution is 14.1. The van der Waals surface area contributed by atoms with Gasteiger partial charge < -0.3 is 10.4 Å². The predicted molar refractivity (Wildman–Crippen MR) is 68.3 cm³/mol. The van der Waals surface area contributed by atoms with Crippen molar-refractivity contribution in [3.63, 3.8) is 0 Å². The molecule has 4 nitrogen and oxygen atoms in total. The van der Waals surface area contributed by atoms with Crippen molar-refractivity contribution in [2.45, 2.75) is 6.92 Å². The molecule has 0 bridgehead atoms. The largest absolute Gasteiger partial charge is 0.481 e. The Balaban J connectivity index is 2.67. The maximum atomic E-state index is 12.8. The Morgan fingerprint density at radius 1 is 1.53 bits per heavy atom. The number of hydrogen-bond acceptors (Lipinski definition) is 2. The number of halogens is 2. The first-order chi connectivity index (χ1) is 7.91. The van der Waals surface area contributed by atoms with E-state index in [-0.39, 0.29) is 6.54 Å². The molecule has 1 amide bonds. The lowest BCUT2D eigenvalue weighted by Crippen LogP contribution is -2.31. The summed E-state index contributed by atoms with van der Waals surface area (Å²) in [5, 5.41) is 11.1. The number of benzene rings is 1. The minimum absolute atomic E-state index is 0.0433. The maximum absolute atomic E-state index is 12.8. The number of aliphatic carboxylic acids is 1. The van der Waals surface area contributed by atoms with Crippen molar-refractivity contribution < 1.29 is 19.1 Å². The number of carbonyl (C=O) groups is 2. The summed E-state index contributed by atoms with van der Waals surface area (Å²) in [6.45, 7) is 1.54. The monoisotopic (exact) mass is 351 g/mol. The first-order valence-electron chi connectivity index (χ1n) is 4.88. The van der Waals surface area contributed by atoms with Gasteiger partial charge in [-0.05, 0) is 40.8 Å². The van der Waals surface area contributed by atoms with E-state index in [0.29, 0.717) is 9.13 Å². The van der Waals surface area contributed by atoms with Crippen molar-refractivity contribution in [1.82, 2.24) is 5.32 Å². The molecule has 0 radical (unpaired) electrons. The summed E-state index contributed by atoms with van der Waals surface area (Å²) < 4.78 is 13.3. The number of amides is 1. The molecular formula is C11H11FINO3. The van der Waals surface area contributed by atoms with Crippen LogP contribution in [0, 0.1) is 15.3 Å². The smallest absolute Gasteiger partial charge is 0.308 e. The van der Waals surface area contributed by atoms with Gasteiger partial charge in [-0.3, -0.25) is 9.59 Å². The van der Waals surface area contributed by atoms with Gasteiger partial charge >= 0.3 is 5.97 Å². The zero-order chi connectivity index (χ0) is 13.0. The number of carboxylic acid groups (broad SMARTS) is 1. The summed E-state index contributed by atoms with van der Waals surface area (Å²) in [6.07, 6.45) is 0. The van der Waals surface area contributed by atoms with Crippen molar-refractivity contribution in [2.24, 2.45) is 5.92 Å². The topological polar surface area (TPSA) is 66.4 Å². The van der Waals surface area contributed by atoms with Gasteiger partial charge in [0.2, 0.25) is 0 Å². The van der Waals surface area contributed by atoms with Crippen LogP contribution in [-0.4, -0.2) is 23.5 Å². The van der Waals surface area contributed by atoms with Gasteiger partial charge in [-0.25, -0.2) is 4.39 Å². The van der Waals surface area contributed by atoms with Gasteiger partial charge in [0.1, 0.15) is 5.82 Å². The highest BCUT2D eigenvalue weighted by atomic mass is 127. The Morgan fingerprint density at radius 2 is 2.18 bits per heavy atom. The van der Waals surface area contributed by atoms with Gasteiger partial charge in [0, 0.05) is 10.1 Å². The summed E-state index contributed by atoms with van der Waals surface area (Å²) >= 11 is 1.85. The van der Waals surface area contributed by atoms with E-state index in [0.717, 1.165) is 0 Å². The van der Waals surface area contributed by atoms with Crippen molar-refractivity contribution in [3.05, 3.63) is 33.1 Å². The lowest BCUT2D eigenvalue weighted by molar-refractivity contribution is -0.140. The molecular weight excluding hydrogens is 340 g/mol. The highest BCUT2D eigenvalue weighted by Crippen LogP contribution is 2.13. The molecule has 92 valence electrons. The Labute approximate surface area is 111 Å². The Bertz CT molecular complexity index is 450. The predicted octanol–water partition coefficient (Wildman–Crippen LogP) is 1.88. The fraction of sp³-hybridized carbons (Fsp3) is 0.273. The summed E-state index contributed by atoms with van der Waals surface area (Å²) in [5.41, 5.74) is 0.338. The summed E-state index contributed by atoms with van der Waals surface area (Å²) in [4.78, 5) is 22.2. The fourth-order valence-electron chi connectivity index (χ4n) is 1.10. The molecule has 0 aliphatic carbocycles. The van der Waals surface area contributed by atoms with Crippen LogP contribution in [-0.2, 0) is 4.79 Å². The lowest BCUT2D eigenvalue weighted by Gasteiger charge is -2.09. The van der Waals surface area contributed by atoms with Gasteiger partial charge in [0.25, 0.3) is 5.91 Å². The van der Waals surface area contributed by atoms with E-state index in [1.807, 2.05) is 22.6 Å². The molecule has 1 aromatic carbocycles. The first kappa shape index (κ1) is 13.9. The molecule has 0 aliphatic heterocycles. The van der Waals surface area contributed by atoms with Gasteiger partial charge in [0.15, 0.2) is 0 Å². The molecule has 2 N–H and O–H groups in total. The SMILES string of the molecule is CC(CNC(=O)c1ccc(F)cc1I)C(=O)O. The van der Waals surface area contributed by atoms with Crippen LogP contribution >= 0.6 is 22.6 Å². The molecule has 0 aromatic heterocycles. The van der Waals surface area contributed by atoms with E-state index in [9.17, 15) is 14.0 Å². The number of carboxylic acids is 1. The average molecular weight is 351 g/mol. The molecule has 0 fully saturated rings. The van der Waals surface area contributed by atoms with E-state index in [4.69, 9.17) is 5.11 Å². The van der Waals surface area contributed by atoms with Gasteiger partial charge in [-0.1, -0.05) is 6.92 Å². The Morgan fingerprint density at radius 3 is 2.71 bits per heavy atom. The zero-order valence-electron chi connectivity index (χ0n) is 9.04. The van der Waals surface area contributed by atoms with Crippen LogP contribution in [0.3, 0.4) is 0 Å². The van der Waals surface area contributed by atoms with Crippen LogP contribution in [0.4, 0.5) is 4.39 Å². The highest BCUT2D eigenvalue weighted by Gasteiger charge is 2.14. The Kier molecular flexibility index (Phi) is 4.86. The third-order valence-corrected chi connectivity index (χ3v) is 3.06. The van der Waals surface area contributed by atoms with E-state index < -0.39 is 23.6 Å². The molecule has 1 unspecified atom stereocenters. The van der Waals surface area contributed by atoms with Gasteiger partial charge in [-0.15, -0.1) is 0 Å². The number of nitrogens with one attached hydrogen (secondary N) is 1. The van der Waals surface area contributed by atoms with Gasteiger partial charge in [-0.2, -0.15) is 0 Å². The molecule has 0 saturated heterocycles. The molecule has 0 spiro atoms. The van der Waals surface area contributed by atoms with Crippen molar-refractivity contribution in [2.75, 3.05) is 6.54 Å². The van der Waals surface area contributed by atoms with Crippen LogP contribution in [0.5, 0.6) is 0 Å². The normalized spacial score (nSPS) is 11.9. The quantitative estimate of drug-likeness (QED) is 0.815. The molecule has 0 aliphatic rings. The first-order valence-corrected chi connectivity index (χ1v) is 5.95. The number of hydrogen-bond donors (Lipinski definition) is 2. The summed E-state index contributed by atoms with van der Waals surface area (Å²) in [5.74, 6) is -2.44. The van der Waals surface area contributed by atoms with Crippen LogP contribution < -0.4 is 5.32 Å². The minimum Gasteiger partial charge on any atom is -0.481 e. The van der Waals surface area contributed by atoms with E-state index in [1.54, 1.807) is 0 Å². The molecule has 1 aromatic rings. The van der Waals surface area contributed by atoms with E-state index >= 15 is 0 Å². The molecule has 1 rings (SSSR count). The molecule has 0 heterocycles. The fourth-order valence-corrected chi connectivity index (χ4v) is 1.82.